The zero-order chi connectivity index (χ0) is 22.8. The van der Waals surface area contributed by atoms with Crippen LogP contribution in [-0.4, -0.2) is 22.8 Å². The van der Waals surface area contributed by atoms with Crippen molar-refractivity contribution in [2.45, 2.75) is 26.9 Å². The number of fused-ring (bicyclic) bond motifs is 1. The van der Waals surface area contributed by atoms with E-state index in [4.69, 9.17) is 21.3 Å². The number of benzene rings is 3. The molecule has 160 valence electrons. The average molecular weight is 444 g/mol. The van der Waals surface area contributed by atoms with Crippen molar-refractivity contribution in [2.24, 2.45) is 0 Å². The van der Waals surface area contributed by atoms with Gasteiger partial charge in [-0.3, -0.25) is 4.79 Å². The van der Waals surface area contributed by atoms with Gasteiger partial charge in [0.05, 0.1) is 16.8 Å². The molecule has 0 fully saturated rings. The minimum absolute atomic E-state index is 0.251. The third kappa shape index (κ3) is 4.27. The Balaban J connectivity index is 1.73. The molecule has 0 amide bonds. The molecule has 0 spiro atoms. The second kappa shape index (κ2) is 8.93. The van der Waals surface area contributed by atoms with Gasteiger partial charge >= 0.3 is 5.97 Å². The van der Waals surface area contributed by atoms with Crippen molar-refractivity contribution in [1.29, 1.82) is 0 Å². The van der Waals surface area contributed by atoms with Crippen LogP contribution in [0, 0.1) is 13.8 Å². The Labute approximate surface area is 191 Å². The topological polar surface area (TPSA) is 56.3 Å². The Morgan fingerprint density at radius 3 is 2.31 bits per heavy atom. The summed E-state index contributed by atoms with van der Waals surface area (Å²) in [5.74, 6) is -0.830. The van der Waals surface area contributed by atoms with Crippen molar-refractivity contribution >= 4 is 34.3 Å². The van der Waals surface area contributed by atoms with Crippen LogP contribution in [0.3, 0.4) is 0 Å². The fourth-order valence-electron chi connectivity index (χ4n) is 3.56. The number of rotatable bonds is 5. The van der Waals surface area contributed by atoms with E-state index in [2.05, 4.69) is 0 Å². The number of nitrogens with zero attached hydrogens (tertiary/aromatic N) is 1. The monoisotopic (exact) mass is 443 g/mol. The molecule has 1 atom stereocenters. The molecular formula is C27H22ClNO3. The lowest BCUT2D eigenvalue weighted by atomic mass is 10.0. The molecule has 32 heavy (non-hydrogen) atoms. The molecule has 1 aromatic heterocycles. The van der Waals surface area contributed by atoms with Gasteiger partial charge in [-0.25, -0.2) is 9.78 Å². The van der Waals surface area contributed by atoms with E-state index in [1.54, 1.807) is 37.3 Å². The lowest BCUT2D eigenvalue weighted by Gasteiger charge is -2.15. The number of pyridine rings is 1. The van der Waals surface area contributed by atoms with Crippen LogP contribution >= 0.6 is 11.6 Å². The summed E-state index contributed by atoms with van der Waals surface area (Å²) < 4.78 is 5.60. The summed E-state index contributed by atoms with van der Waals surface area (Å²) in [7, 11) is 0. The number of halogens is 1. The number of ether oxygens (including phenoxy) is 1. The SMILES string of the molecule is Cc1ccc(C(=O)[C@H](C)OC(=O)c2cc(-c3ccccc3)nc3c(C)c(Cl)ccc23)cc1. The van der Waals surface area contributed by atoms with Gasteiger partial charge in [-0.15, -0.1) is 0 Å². The van der Waals surface area contributed by atoms with Gasteiger partial charge in [0.15, 0.2) is 6.10 Å². The molecule has 0 aliphatic carbocycles. The molecule has 0 radical (unpaired) electrons. The zero-order valence-electron chi connectivity index (χ0n) is 18.1. The van der Waals surface area contributed by atoms with Gasteiger partial charge in [0.2, 0.25) is 5.78 Å². The summed E-state index contributed by atoms with van der Waals surface area (Å²) in [4.78, 5) is 30.7. The van der Waals surface area contributed by atoms with Gasteiger partial charge in [-0.2, -0.15) is 0 Å². The lowest BCUT2D eigenvalue weighted by molar-refractivity contribution is 0.0320. The third-order valence-electron chi connectivity index (χ3n) is 5.45. The van der Waals surface area contributed by atoms with Crippen molar-refractivity contribution in [1.82, 2.24) is 4.98 Å². The summed E-state index contributed by atoms with van der Waals surface area (Å²) in [6.45, 7) is 5.40. The smallest absolute Gasteiger partial charge is 0.339 e. The first-order valence-corrected chi connectivity index (χ1v) is 10.7. The maximum Gasteiger partial charge on any atom is 0.339 e. The van der Waals surface area contributed by atoms with Crippen LogP contribution in [0.4, 0.5) is 0 Å². The van der Waals surface area contributed by atoms with Gasteiger partial charge in [0.1, 0.15) is 0 Å². The molecular weight excluding hydrogens is 422 g/mol. The van der Waals surface area contributed by atoms with Crippen LogP contribution in [0.25, 0.3) is 22.2 Å². The first kappa shape index (κ1) is 21.7. The molecule has 4 nitrogen and oxygen atoms in total. The number of hydrogen-bond acceptors (Lipinski definition) is 4. The Morgan fingerprint density at radius 2 is 1.62 bits per heavy atom. The van der Waals surface area contributed by atoms with Crippen molar-refractivity contribution in [3.63, 3.8) is 0 Å². The largest absolute Gasteiger partial charge is 0.451 e. The van der Waals surface area contributed by atoms with E-state index >= 15 is 0 Å². The van der Waals surface area contributed by atoms with Gasteiger partial charge in [-0.05, 0) is 38.5 Å². The molecule has 4 rings (SSSR count). The number of carbonyl (C=O) groups is 2. The Morgan fingerprint density at radius 1 is 0.938 bits per heavy atom. The van der Waals surface area contributed by atoms with Gasteiger partial charge < -0.3 is 4.74 Å². The van der Waals surface area contributed by atoms with Crippen LogP contribution in [0.15, 0.2) is 72.8 Å². The molecule has 0 saturated heterocycles. The fourth-order valence-corrected chi connectivity index (χ4v) is 3.71. The molecule has 3 aromatic carbocycles. The first-order valence-electron chi connectivity index (χ1n) is 10.3. The lowest BCUT2D eigenvalue weighted by Crippen LogP contribution is -2.24. The van der Waals surface area contributed by atoms with E-state index < -0.39 is 12.1 Å². The maximum atomic E-state index is 13.2. The summed E-state index contributed by atoms with van der Waals surface area (Å²) in [6, 6.07) is 22.0. The van der Waals surface area contributed by atoms with Crippen molar-refractivity contribution < 1.29 is 14.3 Å². The molecule has 0 N–H and O–H groups in total. The first-order chi connectivity index (χ1) is 15.3. The zero-order valence-corrected chi connectivity index (χ0v) is 18.8. The van der Waals surface area contributed by atoms with Gasteiger partial charge in [0.25, 0.3) is 0 Å². The molecule has 4 aromatic rings. The van der Waals surface area contributed by atoms with Crippen LogP contribution in [0.2, 0.25) is 5.02 Å². The highest BCUT2D eigenvalue weighted by Crippen LogP contribution is 2.30. The molecule has 0 unspecified atom stereocenters. The van der Waals surface area contributed by atoms with E-state index in [-0.39, 0.29) is 5.78 Å². The van der Waals surface area contributed by atoms with E-state index in [1.165, 1.54) is 0 Å². The van der Waals surface area contributed by atoms with E-state index in [0.29, 0.717) is 32.7 Å². The van der Waals surface area contributed by atoms with Crippen LogP contribution in [0.1, 0.15) is 38.8 Å². The highest BCUT2D eigenvalue weighted by atomic mass is 35.5. The molecule has 5 heteroatoms. The number of carbonyl (C=O) groups excluding carboxylic acids is 2. The van der Waals surface area contributed by atoms with Crippen LogP contribution in [0.5, 0.6) is 0 Å². The Hall–Kier alpha value is -3.50. The van der Waals surface area contributed by atoms with E-state index in [9.17, 15) is 9.59 Å². The number of esters is 1. The second-order valence-electron chi connectivity index (χ2n) is 7.77. The number of Topliss-reactive ketones (excluding diaryl/α,β-unsaturated/α-hetero) is 1. The normalized spacial score (nSPS) is 11.9. The summed E-state index contributed by atoms with van der Waals surface area (Å²) in [5, 5.41) is 1.20. The average Bonchev–Trinajstić information content (AvgIpc) is 2.81. The van der Waals surface area contributed by atoms with Crippen molar-refractivity contribution in [2.75, 3.05) is 0 Å². The highest BCUT2D eigenvalue weighted by molar-refractivity contribution is 6.32. The van der Waals surface area contributed by atoms with Crippen molar-refractivity contribution in [3.05, 3.63) is 100 Å². The Bertz CT molecular complexity index is 1310. The predicted octanol–water partition coefficient (Wildman–Crippen LogP) is 6.60. The Kier molecular flexibility index (Phi) is 6.06. The quantitative estimate of drug-likeness (QED) is 0.257. The minimum Gasteiger partial charge on any atom is -0.451 e. The van der Waals surface area contributed by atoms with Crippen molar-refractivity contribution in [3.8, 4) is 11.3 Å². The molecule has 0 saturated carbocycles. The minimum atomic E-state index is -0.929. The van der Waals surface area contributed by atoms with Gasteiger partial charge in [0, 0.05) is 21.5 Å². The number of aryl methyl sites for hydroxylation is 2. The molecule has 0 aliphatic heterocycles. The third-order valence-corrected chi connectivity index (χ3v) is 5.86. The molecule has 1 heterocycles. The molecule has 0 aliphatic rings. The predicted molar refractivity (Wildman–Crippen MR) is 127 cm³/mol. The van der Waals surface area contributed by atoms with E-state index in [0.717, 1.165) is 16.7 Å². The van der Waals surface area contributed by atoms with Crippen LogP contribution < -0.4 is 0 Å². The highest BCUT2D eigenvalue weighted by Gasteiger charge is 2.23. The summed E-state index contributed by atoms with van der Waals surface area (Å²) in [5.41, 5.74) is 4.81. The standard InChI is InChI=1S/C27H22ClNO3/c1-16-9-11-20(12-10-16)26(30)18(3)32-27(31)22-15-24(19-7-5-4-6-8-19)29-25-17(2)23(28)14-13-21(22)25/h4-15,18H,1-3H3/t18-/m0/s1. The maximum absolute atomic E-state index is 13.2. The second-order valence-corrected chi connectivity index (χ2v) is 8.17. The summed E-state index contributed by atoms with van der Waals surface area (Å²) >= 11 is 6.32. The fraction of sp³-hybridized carbons (Fsp3) is 0.148. The molecule has 0 bridgehead atoms. The van der Waals surface area contributed by atoms with Crippen LogP contribution in [-0.2, 0) is 4.74 Å². The van der Waals surface area contributed by atoms with E-state index in [1.807, 2.05) is 56.3 Å². The number of hydrogen-bond donors (Lipinski definition) is 0. The number of aromatic nitrogens is 1. The van der Waals surface area contributed by atoms with Gasteiger partial charge in [-0.1, -0.05) is 77.8 Å². The number of ketones is 1. The summed E-state index contributed by atoms with van der Waals surface area (Å²) in [6.07, 6.45) is -0.929.